The summed E-state index contributed by atoms with van der Waals surface area (Å²) in [6, 6.07) is 7.75. The SMILES string of the molecule is CC(CO)N(C)C(=O)C1CCc2ccccc2N1. The number of aryl methyl sites for hydroxylation is 1. The lowest BCUT2D eigenvalue weighted by Gasteiger charge is -2.32. The van der Waals surface area contributed by atoms with Crippen molar-refractivity contribution in [3.05, 3.63) is 29.8 Å². The molecule has 1 aliphatic heterocycles. The minimum atomic E-state index is -0.182. The summed E-state index contributed by atoms with van der Waals surface area (Å²) in [5.41, 5.74) is 2.31. The molecule has 0 aromatic heterocycles. The lowest BCUT2D eigenvalue weighted by Crippen LogP contribution is -2.47. The number of benzene rings is 1. The van der Waals surface area contributed by atoms with E-state index in [0.29, 0.717) is 0 Å². The normalized spacial score (nSPS) is 19.6. The number of fused-ring (bicyclic) bond motifs is 1. The summed E-state index contributed by atoms with van der Waals surface area (Å²) in [5, 5.41) is 12.4. The van der Waals surface area contributed by atoms with Crippen molar-refractivity contribution in [2.45, 2.75) is 31.8 Å². The Balaban J connectivity index is 2.07. The first-order chi connectivity index (χ1) is 8.63. The number of amides is 1. The molecule has 18 heavy (non-hydrogen) atoms. The molecule has 98 valence electrons. The van der Waals surface area contributed by atoms with Crippen molar-refractivity contribution in [1.29, 1.82) is 0 Å². The molecule has 2 N–H and O–H groups in total. The van der Waals surface area contributed by atoms with Crippen LogP contribution in [0.4, 0.5) is 5.69 Å². The number of carbonyl (C=O) groups is 1. The third-order valence-corrected chi connectivity index (χ3v) is 3.62. The highest BCUT2D eigenvalue weighted by Gasteiger charge is 2.27. The van der Waals surface area contributed by atoms with Crippen LogP contribution in [0.3, 0.4) is 0 Å². The molecule has 4 heteroatoms. The molecule has 0 fully saturated rings. The Hall–Kier alpha value is -1.55. The Labute approximate surface area is 108 Å². The van der Waals surface area contributed by atoms with Crippen molar-refractivity contribution in [2.24, 2.45) is 0 Å². The summed E-state index contributed by atoms with van der Waals surface area (Å²) < 4.78 is 0. The number of para-hydroxylation sites is 1. The van der Waals surface area contributed by atoms with Crippen molar-refractivity contribution < 1.29 is 9.90 Å². The molecule has 1 aromatic carbocycles. The Kier molecular flexibility index (Phi) is 3.87. The number of hydrogen-bond donors (Lipinski definition) is 2. The maximum absolute atomic E-state index is 12.3. The second-order valence-electron chi connectivity index (χ2n) is 4.87. The van der Waals surface area contributed by atoms with Crippen molar-refractivity contribution >= 4 is 11.6 Å². The Bertz CT molecular complexity index is 434. The van der Waals surface area contributed by atoms with E-state index in [0.717, 1.165) is 18.5 Å². The fourth-order valence-electron chi connectivity index (χ4n) is 2.21. The van der Waals surface area contributed by atoms with Gasteiger partial charge in [-0.25, -0.2) is 0 Å². The zero-order valence-electron chi connectivity index (χ0n) is 10.9. The third-order valence-electron chi connectivity index (χ3n) is 3.62. The number of nitrogens with zero attached hydrogens (tertiary/aromatic N) is 1. The molecular weight excluding hydrogens is 228 g/mol. The van der Waals surface area contributed by atoms with Gasteiger partial charge in [0.25, 0.3) is 0 Å². The summed E-state index contributed by atoms with van der Waals surface area (Å²) in [6.45, 7) is 1.83. The molecule has 0 aliphatic carbocycles. The molecule has 0 saturated heterocycles. The molecule has 1 heterocycles. The first-order valence-electron chi connectivity index (χ1n) is 6.35. The van der Waals surface area contributed by atoms with Crippen molar-refractivity contribution in [3.63, 3.8) is 0 Å². The van der Waals surface area contributed by atoms with Crippen LogP contribution >= 0.6 is 0 Å². The molecule has 0 bridgehead atoms. The minimum Gasteiger partial charge on any atom is -0.394 e. The van der Waals surface area contributed by atoms with Gasteiger partial charge in [-0.1, -0.05) is 18.2 Å². The molecule has 1 aliphatic rings. The standard InChI is InChI=1S/C14H20N2O2/c1-10(9-17)16(2)14(18)13-8-7-11-5-3-4-6-12(11)15-13/h3-6,10,13,15,17H,7-9H2,1-2H3. The first-order valence-corrected chi connectivity index (χ1v) is 6.35. The van der Waals surface area contributed by atoms with Gasteiger partial charge in [-0.15, -0.1) is 0 Å². The van der Waals surface area contributed by atoms with E-state index in [-0.39, 0.29) is 24.6 Å². The predicted molar refractivity (Wildman–Crippen MR) is 71.5 cm³/mol. The number of aliphatic hydroxyl groups is 1. The highest BCUT2D eigenvalue weighted by atomic mass is 16.3. The maximum Gasteiger partial charge on any atom is 0.245 e. The molecule has 0 saturated carbocycles. The van der Waals surface area contributed by atoms with E-state index in [1.54, 1.807) is 11.9 Å². The Morgan fingerprint density at radius 1 is 1.56 bits per heavy atom. The van der Waals surface area contributed by atoms with Crippen molar-refractivity contribution in [3.8, 4) is 0 Å². The topological polar surface area (TPSA) is 52.6 Å². The summed E-state index contributed by atoms with van der Waals surface area (Å²) in [6.07, 6.45) is 1.72. The quantitative estimate of drug-likeness (QED) is 0.846. The average molecular weight is 248 g/mol. The van der Waals surface area contributed by atoms with E-state index in [1.165, 1.54) is 5.56 Å². The van der Waals surface area contributed by atoms with Crippen LogP contribution in [0.2, 0.25) is 0 Å². The second-order valence-corrected chi connectivity index (χ2v) is 4.87. The highest BCUT2D eigenvalue weighted by molar-refractivity contribution is 5.85. The maximum atomic E-state index is 12.3. The predicted octanol–water partition coefficient (Wildman–Crippen LogP) is 1.25. The van der Waals surface area contributed by atoms with E-state index in [9.17, 15) is 4.79 Å². The summed E-state index contributed by atoms with van der Waals surface area (Å²) in [4.78, 5) is 13.9. The lowest BCUT2D eigenvalue weighted by atomic mass is 9.97. The van der Waals surface area contributed by atoms with Gasteiger partial charge < -0.3 is 15.3 Å². The largest absolute Gasteiger partial charge is 0.394 e. The van der Waals surface area contributed by atoms with Crippen molar-refractivity contribution in [2.75, 3.05) is 19.0 Å². The summed E-state index contributed by atoms with van der Waals surface area (Å²) >= 11 is 0. The van der Waals surface area contributed by atoms with Gasteiger partial charge in [-0.3, -0.25) is 4.79 Å². The zero-order chi connectivity index (χ0) is 13.1. The molecule has 1 aromatic rings. The fourth-order valence-corrected chi connectivity index (χ4v) is 2.21. The van der Waals surface area contributed by atoms with Crippen LogP contribution in [0.1, 0.15) is 18.9 Å². The van der Waals surface area contributed by atoms with Crippen LogP contribution in [0.5, 0.6) is 0 Å². The molecule has 0 radical (unpaired) electrons. The van der Waals surface area contributed by atoms with Crippen LogP contribution < -0.4 is 5.32 Å². The van der Waals surface area contributed by atoms with E-state index in [1.807, 2.05) is 25.1 Å². The highest BCUT2D eigenvalue weighted by Crippen LogP contribution is 2.25. The fraction of sp³-hybridized carbons (Fsp3) is 0.500. The lowest BCUT2D eigenvalue weighted by molar-refractivity contribution is -0.133. The average Bonchev–Trinajstić information content (AvgIpc) is 2.44. The second kappa shape index (κ2) is 5.40. The molecular formula is C14H20N2O2. The number of aliphatic hydroxyl groups excluding tert-OH is 1. The number of nitrogens with one attached hydrogen (secondary N) is 1. The van der Waals surface area contributed by atoms with Gasteiger partial charge >= 0.3 is 0 Å². The monoisotopic (exact) mass is 248 g/mol. The Morgan fingerprint density at radius 3 is 3.00 bits per heavy atom. The molecule has 2 rings (SSSR count). The molecule has 2 unspecified atom stereocenters. The third kappa shape index (κ3) is 2.48. The van der Waals surface area contributed by atoms with Gasteiger partial charge in [0, 0.05) is 12.7 Å². The van der Waals surface area contributed by atoms with Gasteiger partial charge in [0.15, 0.2) is 0 Å². The van der Waals surface area contributed by atoms with E-state index >= 15 is 0 Å². The van der Waals surface area contributed by atoms with Gasteiger partial charge in [0.1, 0.15) is 6.04 Å². The van der Waals surface area contributed by atoms with Gasteiger partial charge in [0.2, 0.25) is 5.91 Å². The number of rotatable bonds is 3. The molecule has 0 spiro atoms. The van der Waals surface area contributed by atoms with Crippen LogP contribution in [0, 0.1) is 0 Å². The molecule has 4 nitrogen and oxygen atoms in total. The molecule has 1 amide bonds. The zero-order valence-corrected chi connectivity index (χ0v) is 10.9. The first kappa shape index (κ1) is 12.9. The van der Waals surface area contributed by atoms with E-state index in [2.05, 4.69) is 11.4 Å². The number of hydrogen-bond acceptors (Lipinski definition) is 3. The number of anilines is 1. The van der Waals surface area contributed by atoms with Gasteiger partial charge in [0.05, 0.1) is 12.6 Å². The summed E-state index contributed by atoms with van der Waals surface area (Å²) in [5.74, 6) is 0.0473. The number of carbonyl (C=O) groups excluding carboxylic acids is 1. The van der Waals surface area contributed by atoms with Crippen LogP contribution in [0.15, 0.2) is 24.3 Å². The van der Waals surface area contributed by atoms with Crippen molar-refractivity contribution in [1.82, 2.24) is 4.90 Å². The smallest absolute Gasteiger partial charge is 0.245 e. The van der Waals surface area contributed by atoms with Gasteiger partial charge in [-0.05, 0) is 31.4 Å². The van der Waals surface area contributed by atoms with E-state index < -0.39 is 0 Å². The molecule has 2 atom stereocenters. The van der Waals surface area contributed by atoms with Crippen LogP contribution in [-0.2, 0) is 11.2 Å². The minimum absolute atomic E-state index is 0.00839. The van der Waals surface area contributed by atoms with Crippen LogP contribution in [0.25, 0.3) is 0 Å². The van der Waals surface area contributed by atoms with Crippen LogP contribution in [-0.4, -0.2) is 41.7 Å². The Morgan fingerprint density at radius 2 is 2.28 bits per heavy atom. The van der Waals surface area contributed by atoms with E-state index in [4.69, 9.17) is 5.11 Å². The summed E-state index contributed by atoms with van der Waals surface area (Å²) in [7, 11) is 1.74. The van der Waals surface area contributed by atoms with Gasteiger partial charge in [-0.2, -0.15) is 0 Å². The number of likely N-dealkylation sites (N-methyl/N-ethyl adjacent to an activating group) is 1.